The molecule has 0 saturated heterocycles. The van der Waals surface area contributed by atoms with Gasteiger partial charge in [-0.3, -0.25) is 4.99 Å². The van der Waals surface area contributed by atoms with Gasteiger partial charge in [-0.2, -0.15) is 0 Å². The second kappa shape index (κ2) is 10.4. The van der Waals surface area contributed by atoms with Crippen LogP contribution in [-0.4, -0.2) is 26.2 Å². The summed E-state index contributed by atoms with van der Waals surface area (Å²) in [6.45, 7) is 7.51. The molecule has 0 spiro atoms. The molecule has 1 heterocycles. The van der Waals surface area contributed by atoms with Gasteiger partial charge in [0.1, 0.15) is 17.6 Å². The number of methoxy groups -OCH3 is 1. The molecule has 34 heavy (non-hydrogen) atoms. The van der Waals surface area contributed by atoms with Crippen molar-refractivity contribution >= 4 is 29.0 Å². The second-order valence-electron chi connectivity index (χ2n) is 9.11. The van der Waals surface area contributed by atoms with Crippen LogP contribution in [-0.2, 0) is 10.2 Å². The van der Waals surface area contributed by atoms with E-state index in [2.05, 4.69) is 37.4 Å². The maximum absolute atomic E-state index is 6.15. The number of rotatable bonds is 8. The first-order valence-corrected chi connectivity index (χ1v) is 12.2. The molecule has 4 nitrogen and oxygen atoms in total. The number of aliphatic imine (C=N–C) groups is 1. The number of hydrogen-bond acceptors (Lipinski definition) is 4. The first-order chi connectivity index (χ1) is 16.3. The van der Waals surface area contributed by atoms with Crippen molar-refractivity contribution in [1.82, 2.24) is 5.32 Å². The van der Waals surface area contributed by atoms with Crippen LogP contribution in [0.1, 0.15) is 55.1 Å². The van der Waals surface area contributed by atoms with Crippen LogP contribution >= 0.6 is 23.2 Å². The fourth-order valence-corrected chi connectivity index (χ4v) is 4.60. The van der Waals surface area contributed by atoms with Crippen LogP contribution in [0.5, 0.6) is 5.75 Å². The number of ether oxygens (including phenoxy) is 2. The van der Waals surface area contributed by atoms with E-state index in [1.807, 2.05) is 55.5 Å². The molecule has 3 aromatic carbocycles. The van der Waals surface area contributed by atoms with Crippen molar-refractivity contribution in [3.63, 3.8) is 0 Å². The van der Waals surface area contributed by atoms with Crippen LogP contribution in [0.4, 0.5) is 0 Å². The van der Waals surface area contributed by atoms with Gasteiger partial charge in [0.25, 0.3) is 0 Å². The van der Waals surface area contributed by atoms with Gasteiger partial charge in [0, 0.05) is 22.6 Å². The maximum Gasteiger partial charge on any atom is 0.133 e. The minimum atomic E-state index is -0.137. The van der Waals surface area contributed by atoms with Crippen molar-refractivity contribution in [2.75, 3.05) is 20.3 Å². The quantitative estimate of drug-likeness (QED) is 0.360. The lowest BCUT2D eigenvalue weighted by atomic mass is 9.85. The minimum Gasteiger partial charge on any atom is -0.493 e. The zero-order valence-corrected chi connectivity index (χ0v) is 21.5. The fourth-order valence-electron chi connectivity index (χ4n) is 4.35. The van der Waals surface area contributed by atoms with Gasteiger partial charge in [-0.15, -0.1) is 0 Å². The van der Waals surface area contributed by atoms with Crippen LogP contribution in [0.25, 0.3) is 0 Å². The fraction of sp³-hybridized carbons (Fsp3) is 0.321. The molecule has 178 valence electrons. The van der Waals surface area contributed by atoms with E-state index in [-0.39, 0.29) is 17.5 Å². The Morgan fingerprint density at radius 3 is 2.12 bits per heavy atom. The summed E-state index contributed by atoms with van der Waals surface area (Å²) in [5.74, 6) is 1.61. The summed E-state index contributed by atoms with van der Waals surface area (Å²) in [5.41, 5.74) is 4.15. The molecule has 0 aromatic heterocycles. The number of nitrogens with one attached hydrogen (secondary N) is 1. The third-order valence-electron chi connectivity index (χ3n) is 6.14. The van der Waals surface area contributed by atoms with E-state index < -0.39 is 0 Å². The Bertz CT molecular complexity index is 1160. The molecule has 0 aliphatic carbocycles. The predicted molar refractivity (Wildman–Crippen MR) is 141 cm³/mol. The maximum atomic E-state index is 6.15. The SMILES string of the molecule is CCOc1cc(C(C)(C)COC)ccc1C1=NC(c2ccc(Cl)cc2)C(c2ccc(Cl)cc2)N1. The third-order valence-corrected chi connectivity index (χ3v) is 6.64. The second-order valence-corrected chi connectivity index (χ2v) is 9.98. The summed E-state index contributed by atoms with van der Waals surface area (Å²) in [6, 6.07) is 21.9. The van der Waals surface area contributed by atoms with Crippen molar-refractivity contribution in [2.45, 2.75) is 38.3 Å². The zero-order valence-electron chi connectivity index (χ0n) is 19.9. The van der Waals surface area contributed by atoms with Crippen LogP contribution < -0.4 is 10.1 Å². The highest BCUT2D eigenvalue weighted by atomic mass is 35.5. The molecule has 1 aliphatic heterocycles. The van der Waals surface area contributed by atoms with Crippen molar-refractivity contribution in [2.24, 2.45) is 4.99 Å². The van der Waals surface area contributed by atoms with E-state index in [1.165, 1.54) is 0 Å². The summed E-state index contributed by atoms with van der Waals surface area (Å²) in [4.78, 5) is 5.13. The number of benzene rings is 3. The average molecular weight is 497 g/mol. The lowest BCUT2D eigenvalue weighted by Crippen LogP contribution is -2.26. The van der Waals surface area contributed by atoms with Gasteiger partial charge in [-0.05, 0) is 60.0 Å². The summed E-state index contributed by atoms with van der Waals surface area (Å²) in [5, 5.41) is 5.07. The first-order valence-electron chi connectivity index (χ1n) is 11.4. The van der Waals surface area contributed by atoms with E-state index in [4.69, 9.17) is 37.7 Å². The predicted octanol–water partition coefficient (Wildman–Crippen LogP) is 7.15. The van der Waals surface area contributed by atoms with Gasteiger partial charge in [-0.1, -0.05) is 67.4 Å². The van der Waals surface area contributed by atoms with E-state index in [0.29, 0.717) is 23.3 Å². The van der Waals surface area contributed by atoms with Gasteiger partial charge in [-0.25, -0.2) is 0 Å². The van der Waals surface area contributed by atoms with Gasteiger partial charge in [0.2, 0.25) is 0 Å². The molecule has 4 rings (SSSR count). The van der Waals surface area contributed by atoms with Crippen LogP contribution in [0.2, 0.25) is 10.0 Å². The molecule has 2 atom stereocenters. The molecule has 1 aliphatic rings. The van der Waals surface area contributed by atoms with Crippen molar-refractivity contribution in [1.29, 1.82) is 0 Å². The summed E-state index contributed by atoms with van der Waals surface area (Å²) in [7, 11) is 1.73. The first kappa shape index (κ1) is 24.6. The molecule has 6 heteroatoms. The number of nitrogens with zero attached hydrogens (tertiary/aromatic N) is 1. The Balaban J connectivity index is 1.76. The number of halogens is 2. The largest absolute Gasteiger partial charge is 0.493 e. The molecule has 2 unspecified atom stereocenters. The van der Waals surface area contributed by atoms with E-state index >= 15 is 0 Å². The third kappa shape index (κ3) is 5.25. The smallest absolute Gasteiger partial charge is 0.133 e. The topological polar surface area (TPSA) is 42.9 Å². The molecule has 0 fully saturated rings. The van der Waals surface area contributed by atoms with Gasteiger partial charge in [0.15, 0.2) is 0 Å². The molecule has 0 bridgehead atoms. The molecule has 0 saturated carbocycles. The average Bonchev–Trinajstić information content (AvgIpc) is 3.25. The number of amidine groups is 1. The Hall–Kier alpha value is -2.53. The zero-order chi connectivity index (χ0) is 24.3. The van der Waals surface area contributed by atoms with Crippen molar-refractivity contribution in [3.05, 3.63) is 99.0 Å². The van der Waals surface area contributed by atoms with Crippen molar-refractivity contribution in [3.8, 4) is 5.75 Å². The molecule has 0 amide bonds. The van der Waals surface area contributed by atoms with Crippen LogP contribution in [0.15, 0.2) is 71.7 Å². The van der Waals surface area contributed by atoms with Crippen LogP contribution in [0.3, 0.4) is 0 Å². The normalized spacial score (nSPS) is 17.9. The van der Waals surface area contributed by atoms with E-state index in [9.17, 15) is 0 Å². The molecule has 1 N–H and O–H groups in total. The summed E-state index contributed by atoms with van der Waals surface area (Å²) < 4.78 is 11.5. The standard InChI is InChI=1S/C28H30Cl2N2O2/c1-5-34-24-16-20(28(2,3)17-33-4)10-15-23(24)27-31-25(18-6-11-21(29)12-7-18)26(32-27)19-8-13-22(30)14-9-19/h6-16,25-26H,5,17H2,1-4H3,(H,31,32). The van der Waals surface area contributed by atoms with Gasteiger partial charge in [0.05, 0.1) is 24.8 Å². The minimum absolute atomic E-state index is 0.0486. The summed E-state index contributed by atoms with van der Waals surface area (Å²) >= 11 is 12.3. The molecule has 3 aromatic rings. The highest BCUT2D eigenvalue weighted by molar-refractivity contribution is 6.30. The van der Waals surface area contributed by atoms with E-state index in [1.54, 1.807) is 7.11 Å². The van der Waals surface area contributed by atoms with Crippen molar-refractivity contribution < 1.29 is 9.47 Å². The number of hydrogen-bond donors (Lipinski definition) is 1. The lowest BCUT2D eigenvalue weighted by Gasteiger charge is -2.25. The molecular weight excluding hydrogens is 467 g/mol. The van der Waals surface area contributed by atoms with Gasteiger partial charge >= 0.3 is 0 Å². The molecule has 0 radical (unpaired) electrons. The van der Waals surface area contributed by atoms with E-state index in [0.717, 1.165) is 33.8 Å². The Morgan fingerprint density at radius 2 is 1.53 bits per heavy atom. The summed E-state index contributed by atoms with van der Waals surface area (Å²) in [6.07, 6.45) is 0. The Kier molecular flexibility index (Phi) is 7.51. The lowest BCUT2D eigenvalue weighted by molar-refractivity contribution is 0.146. The Morgan fingerprint density at radius 1 is 0.912 bits per heavy atom. The van der Waals surface area contributed by atoms with Gasteiger partial charge < -0.3 is 14.8 Å². The highest BCUT2D eigenvalue weighted by Crippen LogP contribution is 2.39. The molecular formula is C28H30Cl2N2O2. The van der Waals surface area contributed by atoms with Crippen LogP contribution in [0, 0.1) is 0 Å². The monoisotopic (exact) mass is 496 g/mol. The Labute approximate surface area is 211 Å². The highest BCUT2D eigenvalue weighted by Gasteiger charge is 2.33.